The Labute approximate surface area is 124 Å². The van der Waals surface area contributed by atoms with Crippen molar-refractivity contribution in [3.8, 4) is 0 Å². The van der Waals surface area contributed by atoms with E-state index in [9.17, 15) is 14.4 Å². The van der Waals surface area contributed by atoms with E-state index >= 15 is 0 Å². The number of hydrogen-bond acceptors (Lipinski definition) is 5. The normalized spacial score (nSPS) is 21.9. The Morgan fingerprint density at radius 2 is 1.90 bits per heavy atom. The molecule has 1 aliphatic heterocycles. The van der Waals surface area contributed by atoms with Crippen LogP contribution in [0.15, 0.2) is 0 Å². The summed E-state index contributed by atoms with van der Waals surface area (Å²) in [4.78, 5) is 36.8. The molecule has 0 aromatic rings. The summed E-state index contributed by atoms with van der Waals surface area (Å²) >= 11 is 0. The summed E-state index contributed by atoms with van der Waals surface area (Å²) in [7, 11) is 1.30. The van der Waals surface area contributed by atoms with Crippen molar-refractivity contribution in [3.05, 3.63) is 0 Å². The highest BCUT2D eigenvalue weighted by Crippen LogP contribution is 2.24. The maximum Gasteiger partial charge on any atom is 0.408 e. The number of ether oxygens (including phenoxy) is 2. The van der Waals surface area contributed by atoms with E-state index in [0.29, 0.717) is 6.54 Å². The van der Waals surface area contributed by atoms with Crippen molar-refractivity contribution in [1.82, 2.24) is 10.2 Å². The fourth-order valence-electron chi connectivity index (χ4n) is 2.27. The second-order valence-corrected chi connectivity index (χ2v) is 6.18. The highest BCUT2D eigenvalue weighted by atomic mass is 16.6. The summed E-state index contributed by atoms with van der Waals surface area (Å²) in [6, 6.07) is -0.581. The van der Waals surface area contributed by atoms with E-state index in [1.165, 1.54) is 12.0 Å². The second kappa shape index (κ2) is 6.78. The second-order valence-electron chi connectivity index (χ2n) is 6.18. The average Bonchev–Trinajstić information content (AvgIpc) is 2.75. The summed E-state index contributed by atoms with van der Waals surface area (Å²) in [5.41, 5.74) is -0.621. The number of carbonyl (C=O) groups is 3. The molecule has 2 atom stereocenters. The molecule has 0 aliphatic carbocycles. The fourth-order valence-corrected chi connectivity index (χ4v) is 2.27. The van der Waals surface area contributed by atoms with Crippen LogP contribution in [0.1, 0.15) is 34.1 Å². The predicted molar refractivity (Wildman–Crippen MR) is 75.5 cm³/mol. The van der Waals surface area contributed by atoms with Gasteiger partial charge < -0.3 is 19.7 Å². The number of methoxy groups -OCH3 is 1. The van der Waals surface area contributed by atoms with Crippen molar-refractivity contribution >= 4 is 18.0 Å². The Hall–Kier alpha value is -1.79. The Morgan fingerprint density at radius 1 is 1.29 bits per heavy atom. The van der Waals surface area contributed by atoms with Gasteiger partial charge in [-0.05, 0) is 33.1 Å². The lowest BCUT2D eigenvalue weighted by atomic mass is 10.0. The van der Waals surface area contributed by atoms with Gasteiger partial charge in [0.15, 0.2) is 0 Å². The minimum absolute atomic E-state index is 0.0444. The molecule has 21 heavy (non-hydrogen) atoms. The highest BCUT2D eigenvalue weighted by Gasteiger charge is 2.40. The number of nitrogens with one attached hydrogen (secondary N) is 1. The van der Waals surface area contributed by atoms with Gasteiger partial charge in [-0.3, -0.25) is 4.79 Å². The smallest absolute Gasteiger partial charge is 0.408 e. The van der Waals surface area contributed by atoms with E-state index in [0.717, 1.165) is 6.42 Å². The van der Waals surface area contributed by atoms with Gasteiger partial charge in [0.2, 0.25) is 5.91 Å². The van der Waals surface area contributed by atoms with Gasteiger partial charge in [-0.1, -0.05) is 6.92 Å². The van der Waals surface area contributed by atoms with Crippen LogP contribution in [0.25, 0.3) is 0 Å². The highest BCUT2D eigenvalue weighted by molar-refractivity contribution is 5.88. The van der Waals surface area contributed by atoms with Crippen LogP contribution in [-0.4, -0.2) is 54.7 Å². The Morgan fingerprint density at radius 3 is 2.43 bits per heavy atom. The molecule has 2 unspecified atom stereocenters. The molecule has 120 valence electrons. The fraction of sp³-hybridized carbons (Fsp3) is 0.786. The van der Waals surface area contributed by atoms with Crippen molar-refractivity contribution in [3.63, 3.8) is 0 Å². The van der Waals surface area contributed by atoms with Crippen LogP contribution < -0.4 is 5.32 Å². The van der Waals surface area contributed by atoms with Gasteiger partial charge >= 0.3 is 12.1 Å². The standard InChI is InChI=1S/C14H24N2O5/c1-9-6-7-16(11(9)12(18)20-5)10(17)8-15-13(19)21-14(2,3)4/h9,11H,6-8H2,1-5H3,(H,15,19). The summed E-state index contributed by atoms with van der Waals surface area (Å²) in [6.07, 6.45) is 0.0792. The molecule has 1 aliphatic rings. The van der Waals surface area contributed by atoms with Gasteiger partial charge in [-0.2, -0.15) is 0 Å². The van der Waals surface area contributed by atoms with Crippen molar-refractivity contribution < 1.29 is 23.9 Å². The van der Waals surface area contributed by atoms with E-state index in [1.54, 1.807) is 20.8 Å². The SMILES string of the molecule is COC(=O)C1C(C)CCN1C(=O)CNC(=O)OC(C)(C)C. The molecule has 0 aromatic carbocycles. The third-order valence-corrected chi connectivity index (χ3v) is 3.25. The first kappa shape index (κ1) is 17.3. The summed E-state index contributed by atoms with van der Waals surface area (Å²) < 4.78 is 9.79. The first-order valence-electron chi connectivity index (χ1n) is 7.00. The number of hydrogen-bond donors (Lipinski definition) is 1. The van der Waals surface area contributed by atoms with Gasteiger partial charge in [0.1, 0.15) is 18.2 Å². The van der Waals surface area contributed by atoms with Crippen LogP contribution in [0.5, 0.6) is 0 Å². The lowest BCUT2D eigenvalue weighted by Gasteiger charge is -2.25. The lowest BCUT2D eigenvalue weighted by molar-refractivity contribution is -0.151. The summed E-state index contributed by atoms with van der Waals surface area (Å²) in [5.74, 6) is -0.700. The monoisotopic (exact) mass is 300 g/mol. The van der Waals surface area contributed by atoms with Crippen molar-refractivity contribution in [2.45, 2.75) is 45.8 Å². The molecule has 1 N–H and O–H groups in total. The van der Waals surface area contributed by atoms with Gasteiger partial charge in [-0.25, -0.2) is 9.59 Å². The average molecular weight is 300 g/mol. The van der Waals surface area contributed by atoms with E-state index < -0.39 is 23.7 Å². The molecular weight excluding hydrogens is 276 g/mol. The summed E-state index contributed by atoms with van der Waals surface area (Å²) in [6.45, 7) is 7.40. The van der Waals surface area contributed by atoms with Crippen LogP contribution >= 0.6 is 0 Å². The third-order valence-electron chi connectivity index (χ3n) is 3.25. The predicted octanol–water partition coefficient (Wildman–Crippen LogP) is 0.921. The molecule has 1 heterocycles. The molecule has 0 saturated carbocycles. The number of likely N-dealkylation sites (tertiary alicyclic amines) is 1. The first-order valence-corrected chi connectivity index (χ1v) is 7.00. The van der Waals surface area contributed by atoms with Crippen LogP contribution in [0, 0.1) is 5.92 Å². The van der Waals surface area contributed by atoms with Crippen LogP contribution in [0.3, 0.4) is 0 Å². The number of carbonyl (C=O) groups excluding carboxylic acids is 3. The minimum Gasteiger partial charge on any atom is -0.467 e. The Kier molecular flexibility index (Phi) is 5.57. The van der Waals surface area contributed by atoms with Crippen LogP contribution in [0.2, 0.25) is 0 Å². The quantitative estimate of drug-likeness (QED) is 0.783. The Bertz CT molecular complexity index is 416. The third kappa shape index (κ3) is 4.91. The topological polar surface area (TPSA) is 84.9 Å². The molecule has 7 heteroatoms. The van der Waals surface area contributed by atoms with E-state index in [2.05, 4.69) is 5.32 Å². The zero-order chi connectivity index (χ0) is 16.2. The molecule has 0 spiro atoms. The molecule has 1 saturated heterocycles. The van der Waals surface area contributed by atoms with Crippen molar-refractivity contribution in [2.75, 3.05) is 20.2 Å². The number of amides is 2. The molecule has 2 amide bonds. The molecule has 1 fully saturated rings. The van der Waals surface area contributed by atoms with Crippen molar-refractivity contribution in [2.24, 2.45) is 5.92 Å². The zero-order valence-electron chi connectivity index (χ0n) is 13.3. The molecule has 7 nitrogen and oxygen atoms in total. The lowest BCUT2D eigenvalue weighted by Crippen LogP contribution is -2.47. The number of rotatable bonds is 3. The van der Waals surface area contributed by atoms with Gasteiger partial charge in [-0.15, -0.1) is 0 Å². The largest absolute Gasteiger partial charge is 0.467 e. The molecule has 0 bridgehead atoms. The maximum absolute atomic E-state index is 12.1. The molecule has 0 aromatic heterocycles. The first-order chi connectivity index (χ1) is 9.65. The van der Waals surface area contributed by atoms with Crippen molar-refractivity contribution in [1.29, 1.82) is 0 Å². The van der Waals surface area contributed by atoms with Crippen LogP contribution in [0.4, 0.5) is 4.79 Å². The molecular formula is C14H24N2O5. The molecule has 0 radical (unpaired) electrons. The van der Waals surface area contributed by atoms with Gasteiger partial charge in [0.05, 0.1) is 7.11 Å². The number of esters is 1. The van der Waals surface area contributed by atoms with Crippen LogP contribution in [-0.2, 0) is 19.1 Å². The maximum atomic E-state index is 12.1. The number of nitrogens with zero attached hydrogens (tertiary/aromatic N) is 1. The van der Waals surface area contributed by atoms with E-state index in [1.807, 2.05) is 6.92 Å². The van der Waals surface area contributed by atoms with Gasteiger partial charge in [0.25, 0.3) is 0 Å². The number of alkyl carbamates (subject to hydrolysis) is 1. The van der Waals surface area contributed by atoms with Gasteiger partial charge in [0, 0.05) is 6.54 Å². The summed E-state index contributed by atoms with van der Waals surface area (Å²) in [5, 5.41) is 2.40. The minimum atomic E-state index is -0.655. The molecule has 1 rings (SSSR count). The Balaban J connectivity index is 2.55. The van der Waals surface area contributed by atoms with E-state index in [4.69, 9.17) is 9.47 Å². The zero-order valence-corrected chi connectivity index (χ0v) is 13.3. The van der Waals surface area contributed by atoms with E-state index in [-0.39, 0.29) is 18.4 Å².